The number of benzene rings is 1. The number of carbonyl (C=O) groups is 1. The quantitative estimate of drug-likeness (QED) is 0.356. The van der Waals surface area contributed by atoms with Crippen molar-refractivity contribution < 1.29 is 14.3 Å². The van der Waals surface area contributed by atoms with Gasteiger partial charge in [0.15, 0.2) is 11.4 Å². The minimum atomic E-state index is -0.110. The van der Waals surface area contributed by atoms with Crippen molar-refractivity contribution in [2.75, 3.05) is 19.0 Å². The molecule has 1 N–H and O–H groups in total. The molecule has 38 heavy (non-hydrogen) atoms. The summed E-state index contributed by atoms with van der Waals surface area (Å²) in [7, 11) is 3.45. The van der Waals surface area contributed by atoms with Gasteiger partial charge in [-0.05, 0) is 64.2 Å². The minimum absolute atomic E-state index is 0.110. The zero-order chi connectivity index (χ0) is 26.4. The van der Waals surface area contributed by atoms with E-state index in [2.05, 4.69) is 20.1 Å². The number of ether oxygens (including phenoxy) is 2. The zero-order valence-corrected chi connectivity index (χ0v) is 22.3. The molecule has 1 aromatic carbocycles. The van der Waals surface area contributed by atoms with Crippen LogP contribution in [0.25, 0.3) is 22.4 Å². The number of nitrogens with one attached hydrogen (secondary N) is 1. The van der Waals surface area contributed by atoms with Crippen LogP contribution in [-0.4, -0.2) is 49.0 Å². The van der Waals surface area contributed by atoms with Gasteiger partial charge in [-0.2, -0.15) is 15.0 Å². The van der Waals surface area contributed by atoms with E-state index in [1.807, 2.05) is 38.1 Å². The zero-order valence-electron chi connectivity index (χ0n) is 22.3. The molecule has 0 bridgehead atoms. The second kappa shape index (κ2) is 9.83. The van der Waals surface area contributed by atoms with Crippen molar-refractivity contribution in [1.29, 1.82) is 0 Å². The Labute approximate surface area is 221 Å². The summed E-state index contributed by atoms with van der Waals surface area (Å²) in [6, 6.07) is 7.84. The van der Waals surface area contributed by atoms with Crippen LogP contribution < -0.4 is 10.1 Å². The molecule has 1 aliphatic carbocycles. The molecule has 198 valence electrons. The highest BCUT2D eigenvalue weighted by atomic mass is 16.5. The number of rotatable bonds is 8. The van der Waals surface area contributed by atoms with Gasteiger partial charge < -0.3 is 14.8 Å². The van der Waals surface area contributed by atoms with Crippen molar-refractivity contribution in [2.45, 2.75) is 58.6 Å². The topological polar surface area (TPSA) is 109 Å². The van der Waals surface area contributed by atoms with E-state index in [4.69, 9.17) is 19.4 Å². The highest BCUT2D eigenvalue weighted by molar-refractivity contribution is 5.92. The van der Waals surface area contributed by atoms with Gasteiger partial charge in [0.2, 0.25) is 0 Å². The lowest BCUT2D eigenvalue weighted by Gasteiger charge is -2.25. The van der Waals surface area contributed by atoms with Crippen molar-refractivity contribution in [3.05, 3.63) is 41.5 Å². The number of Topliss-reactive ketones (excluding diaryl/α,β-unsaturated/α-hetero) is 1. The van der Waals surface area contributed by atoms with Crippen LogP contribution in [0.15, 0.2) is 24.3 Å². The third kappa shape index (κ3) is 4.53. The lowest BCUT2D eigenvalue weighted by atomic mass is 10.1. The number of hydrogen-bond donors (Lipinski definition) is 1. The number of carbonyl (C=O) groups excluding carboxylic acids is 1. The van der Waals surface area contributed by atoms with E-state index in [1.165, 1.54) is 0 Å². The van der Waals surface area contributed by atoms with Gasteiger partial charge in [-0.15, -0.1) is 0 Å². The molecule has 1 atom stereocenters. The predicted octanol–water partition coefficient (Wildman–Crippen LogP) is 4.82. The molecule has 2 fully saturated rings. The van der Waals surface area contributed by atoms with Gasteiger partial charge in [0.1, 0.15) is 29.0 Å². The van der Waals surface area contributed by atoms with Gasteiger partial charge in [-0.25, -0.2) is 9.97 Å². The fraction of sp³-hybridized carbons (Fsp3) is 0.464. The average molecular weight is 516 g/mol. The molecule has 0 spiro atoms. The summed E-state index contributed by atoms with van der Waals surface area (Å²) < 4.78 is 14.1. The summed E-state index contributed by atoms with van der Waals surface area (Å²) in [5.41, 5.74) is 6.17. The molecule has 10 nitrogen and oxygen atoms in total. The summed E-state index contributed by atoms with van der Waals surface area (Å²) in [5.74, 6) is 1.91. The van der Waals surface area contributed by atoms with E-state index in [1.54, 1.807) is 19.0 Å². The number of imidazole rings is 1. The SMILES string of the molecule is COc1c(Nc2cc(CC(=O)C3CC3)nc3c2nc(C)n3C2CCCCO2)cccc1-c1nn(C)nc1C. The lowest BCUT2D eigenvalue weighted by molar-refractivity contribution is -0.119. The number of ketones is 1. The monoisotopic (exact) mass is 515 g/mol. The molecule has 1 saturated heterocycles. The first kappa shape index (κ1) is 24.5. The van der Waals surface area contributed by atoms with Gasteiger partial charge in [0, 0.05) is 31.6 Å². The van der Waals surface area contributed by atoms with Crippen molar-refractivity contribution in [2.24, 2.45) is 13.0 Å². The Morgan fingerprint density at radius 3 is 2.66 bits per heavy atom. The third-order valence-electron chi connectivity index (χ3n) is 7.34. The smallest absolute Gasteiger partial charge is 0.164 e. The molecule has 1 saturated carbocycles. The maximum atomic E-state index is 12.8. The Morgan fingerprint density at radius 1 is 1.13 bits per heavy atom. The summed E-state index contributed by atoms with van der Waals surface area (Å²) in [6.07, 6.45) is 5.22. The van der Waals surface area contributed by atoms with Crippen LogP contribution in [0.4, 0.5) is 11.4 Å². The van der Waals surface area contributed by atoms with Crippen LogP contribution in [0.1, 0.15) is 55.5 Å². The van der Waals surface area contributed by atoms with E-state index in [0.29, 0.717) is 12.2 Å². The van der Waals surface area contributed by atoms with E-state index in [0.717, 1.165) is 89.7 Å². The molecule has 1 aliphatic heterocycles. The molecular formula is C28H33N7O3. The second-order valence-electron chi connectivity index (χ2n) is 10.2. The van der Waals surface area contributed by atoms with Crippen LogP contribution in [0.3, 0.4) is 0 Å². The van der Waals surface area contributed by atoms with Crippen molar-refractivity contribution in [3.8, 4) is 17.0 Å². The maximum absolute atomic E-state index is 12.8. The standard InChI is InChI=1S/C28H33N7O3/c1-16-25(33-34(3)32-16)20-8-7-9-21(27(20)37-4)31-22-14-19(15-23(36)18-11-12-18)30-28-26(22)29-17(2)35(28)24-10-5-6-13-38-24/h7-9,14,18,24H,5-6,10-13,15H2,1-4H3,(H,30,31). The van der Waals surface area contributed by atoms with E-state index in [9.17, 15) is 4.79 Å². The van der Waals surface area contributed by atoms with Gasteiger partial charge in [0.05, 0.1) is 29.9 Å². The normalized spacial score (nSPS) is 17.6. The molecule has 1 unspecified atom stereocenters. The number of pyridine rings is 1. The number of nitrogens with zero attached hydrogens (tertiary/aromatic N) is 6. The first-order valence-corrected chi connectivity index (χ1v) is 13.3. The first-order chi connectivity index (χ1) is 18.4. The largest absolute Gasteiger partial charge is 0.494 e. The highest BCUT2D eigenvalue weighted by Gasteiger charge is 2.30. The Bertz CT molecular complexity index is 1510. The third-order valence-corrected chi connectivity index (χ3v) is 7.34. The second-order valence-corrected chi connectivity index (χ2v) is 10.2. The first-order valence-electron chi connectivity index (χ1n) is 13.3. The molecule has 0 amide bonds. The number of aromatic nitrogens is 6. The Balaban J connectivity index is 1.46. The number of methoxy groups -OCH3 is 1. The fourth-order valence-corrected chi connectivity index (χ4v) is 5.35. The molecule has 10 heteroatoms. The molecule has 2 aliphatic rings. The number of para-hydroxylation sites is 1. The van der Waals surface area contributed by atoms with Gasteiger partial charge in [0.25, 0.3) is 0 Å². The highest BCUT2D eigenvalue weighted by Crippen LogP contribution is 2.40. The van der Waals surface area contributed by atoms with Crippen LogP contribution in [0.5, 0.6) is 5.75 Å². The molecule has 3 aromatic heterocycles. The molecule has 0 radical (unpaired) electrons. The van der Waals surface area contributed by atoms with Crippen LogP contribution >= 0.6 is 0 Å². The van der Waals surface area contributed by atoms with Gasteiger partial charge in [-0.3, -0.25) is 9.36 Å². The van der Waals surface area contributed by atoms with Crippen LogP contribution in [-0.2, 0) is 23.0 Å². The molecular weight excluding hydrogens is 482 g/mol. The Hall–Kier alpha value is -3.79. The Morgan fingerprint density at radius 2 is 1.97 bits per heavy atom. The number of fused-ring (bicyclic) bond motifs is 1. The van der Waals surface area contributed by atoms with Crippen LogP contribution in [0.2, 0.25) is 0 Å². The average Bonchev–Trinajstić information content (AvgIpc) is 3.63. The summed E-state index contributed by atoms with van der Waals surface area (Å²) in [6.45, 7) is 4.64. The summed E-state index contributed by atoms with van der Waals surface area (Å²) in [4.78, 5) is 24.2. The Kier molecular flexibility index (Phi) is 6.35. The molecule has 6 rings (SSSR count). The number of hydrogen-bond acceptors (Lipinski definition) is 8. The van der Waals surface area contributed by atoms with E-state index < -0.39 is 0 Å². The van der Waals surface area contributed by atoms with Crippen molar-refractivity contribution >= 4 is 28.3 Å². The summed E-state index contributed by atoms with van der Waals surface area (Å²) >= 11 is 0. The van der Waals surface area contributed by atoms with E-state index >= 15 is 0 Å². The van der Waals surface area contributed by atoms with Crippen molar-refractivity contribution in [1.82, 2.24) is 29.5 Å². The van der Waals surface area contributed by atoms with Crippen LogP contribution in [0, 0.1) is 19.8 Å². The summed E-state index contributed by atoms with van der Waals surface area (Å²) in [5, 5.41) is 12.5. The maximum Gasteiger partial charge on any atom is 0.164 e. The molecule has 4 heterocycles. The van der Waals surface area contributed by atoms with Gasteiger partial charge >= 0.3 is 0 Å². The minimum Gasteiger partial charge on any atom is -0.494 e. The number of anilines is 2. The fourth-order valence-electron chi connectivity index (χ4n) is 5.35. The predicted molar refractivity (Wildman–Crippen MR) is 144 cm³/mol. The lowest BCUT2D eigenvalue weighted by Crippen LogP contribution is -2.19. The number of aryl methyl sites for hydroxylation is 3. The molecule has 4 aromatic rings. The van der Waals surface area contributed by atoms with Crippen molar-refractivity contribution in [3.63, 3.8) is 0 Å². The van der Waals surface area contributed by atoms with E-state index in [-0.39, 0.29) is 17.9 Å². The van der Waals surface area contributed by atoms with Gasteiger partial charge in [-0.1, -0.05) is 6.07 Å².